The number of thiophene rings is 1. The maximum Gasteiger partial charge on any atom is 0.411 e. The number of anilines is 3. The van der Waals surface area contributed by atoms with Gasteiger partial charge >= 0.3 is 12.1 Å². The van der Waals surface area contributed by atoms with E-state index in [9.17, 15) is 14.7 Å². The molecule has 2 heterocycles. The minimum absolute atomic E-state index is 0.0395. The molecule has 0 aliphatic carbocycles. The Morgan fingerprint density at radius 1 is 1.12 bits per heavy atom. The van der Waals surface area contributed by atoms with Gasteiger partial charge in [-0.2, -0.15) is 0 Å². The van der Waals surface area contributed by atoms with E-state index in [1.165, 1.54) is 16.1 Å². The predicted octanol–water partition coefficient (Wildman–Crippen LogP) is 5.54. The average molecular weight is 452 g/mol. The third-order valence-electron chi connectivity index (χ3n) is 4.70. The molecule has 3 amide bonds. The number of hydrogen-bond donors (Lipinski definition) is 4. The molecule has 0 atom stereocenters. The van der Waals surface area contributed by atoms with Crippen molar-refractivity contribution >= 4 is 51.1 Å². The molecule has 4 aromatic rings. The smallest absolute Gasteiger partial charge is 0.411 e. The van der Waals surface area contributed by atoms with Crippen LogP contribution in [0.1, 0.15) is 18.1 Å². The van der Waals surface area contributed by atoms with Crippen LogP contribution in [0.25, 0.3) is 11.0 Å². The molecule has 0 fully saturated rings. The molecule has 0 aliphatic rings. The fourth-order valence-electron chi connectivity index (χ4n) is 3.19. The van der Waals surface area contributed by atoms with Crippen LogP contribution < -0.4 is 20.8 Å². The van der Waals surface area contributed by atoms with E-state index >= 15 is 0 Å². The highest BCUT2D eigenvalue weighted by molar-refractivity contribution is 7.14. The first kappa shape index (κ1) is 21.2. The van der Waals surface area contributed by atoms with Gasteiger partial charge in [-0.1, -0.05) is 25.1 Å². The van der Waals surface area contributed by atoms with E-state index < -0.39 is 6.09 Å². The second-order valence-electron chi connectivity index (χ2n) is 6.93. The SMILES string of the molecule is CCc1cccc2c1nc(NC(=O)O)n2Oc1cccc(NC(=O)Nc2sccc2C)c1. The third-order valence-corrected chi connectivity index (χ3v) is 5.64. The Morgan fingerprint density at radius 3 is 2.66 bits per heavy atom. The largest absolute Gasteiger partial charge is 0.465 e. The number of carboxylic acid groups (broad SMARTS) is 1. The zero-order chi connectivity index (χ0) is 22.7. The highest BCUT2D eigenvalue weighted by atomic mass is 32.1. The standard InChI is InChI=1S/C22H21N5O4S/c1-3-14-6-4-9-17-18(14)24-20(26-22(29)30)27(17)31-16-8-5-7-15(12-16)23-21(28)25-19-13(2)10-11-32-19/h4-12H,3H2,1-2H3,(H,24,26)(H,29,30)(H2,23,25,28). The fraction of sp³-hybridized carbons (Fsp3) is 0.136. The zero-order valence-corrected chi connectivity index (χ0v) is 18.2. The topological polar surface area (TPSA) is 118 Å². The molecule has 0 saturated carbocycles. The van der Waals surface area contributed by atoms with Crippen molar-refractivity contribution in [3.8, 4) is 5.75 Å². The molecule has 0 bridgehead atoms. The molecule has 9 nitrogen and oxygen atoms in total. The summed E-state index contributed by atoms with van der Waals surface area (Å²) in [5, 5.41) is 19.7. The van der Waals surface area contributed by atoms with E-state index in [0.29, 0.717) is 22.5 Å². The van der Waals surface area contributed by atoms with Gasteiger partial charge in [0.05, 0.1) is 10.5 Å². The Hall–Kier alpha value is -4.05. The second kappa shape index (κ2) is 8.98. The van der Waals surface area contributed by atoms with Gasteiger partial charge in [0, 0.05) is 11.8 Å². The minimum atomic E-state index is -1.25. The summed E-state index contributed by atoms with van der Waals surface area (Å²) < 4.78 is 1.33. The number of benzene rings is 2. The fourth-order valence-corrected chi connectivity index (χ4v) is 4.00. The summed E-state index contributed by atoms with van der Waals surface area (Å²) in [5.74, 6) is 0.433. The molecule has 2 aromatic heterocycles. The number of fused-ring (bicyclic) bond motifs is 1. The first-order valence-electron chi connectivity index (χ1n) is 9.85. The number of para-hydroxylation sites is 1. The van der Waals surface area contributed by atoms with Crippen LogP contribution in [0.3, 0.4) is 0 Å². The Bertz CT molecular complexity index is 1300. The van der Waals surface area contributed by atoms with Gasteiger partial charge in [0.15, 0.2) is 5.75 Å². The maximum atomic E-state index is 12.3. The van der Waals surface area contributed by atoms with Crippen LogP contribution >= 0.6 is 11.3 Å². The van der Waals surface area contributed by atoms with Crippen molar-refractivity contribution in [1.29, 1.82) is 0 Å². The Balaban J connectivity index is 1.60. The molecule has 4 rings (SSSR count). The number of carbonyl (C=O) groups is 2. The van der Waals surface area contributed by atoms with E-state index in [1.807, 2.05) is 37.4 Å². The number of aryl methyl sites for hydroxylation is 2. The number of aromatic nitrogens is 2. The van der Waals surface area contributed by atoms with E-state index in [4.69, 9.17) is 4.84 Å². The van der Waals surface area contributed by atoms with Crippen molar-refractivity contribution < 1.29 is 19.5 Å². The van der Waals surface area contributed by atoms with Crippen molar-refractivity contribution in [1.82, 2.24) is 9.71 Å². The van der Waals surface area contributed by atoms with Gasteiger partial charge in [-0.3, -0.25) is 10.6 Å². The number of nitrogens with one attached hydrogen (secondary N) is 3. The van der Waals surface area contributed by atoms with Crippen LogP contribution in [0.2, 0.25) is 0 Å². The molecule has 0 saturated heterocycles. The van der Waals surface area contributed by atoms with Crippen LogP contribution in [0.5, 0.6) is 5.75 Å². The molecule has 164 valence electrons. The lowest BCUT2D eigenvalue weighted by Crippen LogP contribution is -2.19. The van der Waals surface area contributed by atoms with Crippen LogP contribution in [0.15, 0.2) is 53.9 Å². The monoisotopic (exact) mass is 451 g/mol. The first-order chi connectivity index (χ1) is 15.4. The molecule has 0 spiro atoms. The number of nitrogens with zero attached hydrogens (tertiary/aromatic N) is 2. The highest BCUT2D eigenvalue weighted by Gasteiger charge is 2.17. The van der Waals surface area contributed by atoms with Gasteiger partial charge in [-0.15, -0.1) is 16.1 Å². The van der Waals surface area contributed by atoms with Crippen LogP contribution in [-0.4, -0.2) is 26.9 Å². The average Bonchev–Trinajstić information content (AvgIpc) is 3.31. The van der Waals surface area contributed by atoms with Crippen molar-refractivity contribution in [2.45, 2.75) is 20.3 Å². The molecular weight excluding hydrogens is 430 g/mol. The molecular formula is C22H21N5O4S. The lowest BCUT2D eigenvalue weighted by atomic mass is 10.1. The van der Waals surface area contributed by atoms with E-state index in [-0.39, 0.29) is 12.0 Å². The van der Waals surface area contributed by atoms with Gasteiger partial charge < -0.3 is 15.3 Å². The number of imidazole rings is 1. The number of amides is 3. The number of rotatable bonds is 6. The minimum Gasteiger partial charge on any atom is -0.465 e. The Morgan fingerprint density at radius 2 is 1.94 bits per heavy atom. The molecule has 0 unspecified atom stereocenters. The first-order valence-corrected chi connectivity index (χ1v) is 10.7. The van der Waals surface area contributed by atoms with Gasteiger partial charge in [0.25, 0.3) is 0 Å². The molecule has 0 aliphatic heterocycles. The maximum absolute atomic E-state index is 12.3. The molecule has 4 N–H and O–H groups in total. The normalized spacial score (nSPS) is 10.7. The van der Waals surface area contributed by atoms with Gasteiger partial charge in [0.1, 0.15) is 5.52 Å². The number of hydrogen-bond acceptors (Lipinski definition) is 5. The van der Waals surface area contributed by atoms with E-state index in [1.54, 1.807) is 30.3 Å². The summed E-state index contributed by atoms with van der Waals surface area (Å²) in [6.45, 7) is 3.92. The lowest BCUT2D eigenvalue weighted by Gasteiger charge is -2.12. The summed E-state index contributed by atoms with van der Waals surface area (Å²) >= 11 is 1.44. The van der Waals surface area contributed by atoms with Crippen molar-refractivity contribution in [2.24, 2.45) is 0 Å². The quantitative estimate of drug-likeness (QED) is 0.307. The lowest BCUT2D eigenvalue weighted by molar-refractivity contribution is 0.205. The van der Waals surface area contributed by atoms with E-state index in [0.717, 1.165) is 22.5 Å². The van der Waals surface area contributed by atoms with Crippen molar-refractivity contribution in [2.75, 3.05) is 16.0 Å². The van der Waals surface area contributed by atoms with Gasteiger partial charge in [0.2, 0.25) is 5.95 Å². The van der Waals surface area contributed by atoms with Crippen molar-refractivity contribution in [3.63, 3.8) is 0 Å². The Labute approximate surface area is 187 Å². The van der Waals surface area contributed by atoms with Crippen LogP contribution in [-0.2, 0) is 6.42 Å². The Kier molecular flexibility index (Phi) is 5.95. The van der Waals surface area contributed by atoms with Gasteiger partial charge in [-0.25, -0.2) is 14.6 Å². The summed E-state index contributed by atoms with van der Waals surface area (Å²) in [5.41, 5.74) is 3.74. The van der Waals surface area contributed by atoms with E-state index in [2.05, 4.69) is 20.9 Å². The summed E-state index contributed by atoms with van der Waals surface area (Å²) in [4.78, 5) is 34.0. The van der Waals surface area contributed by atoms with Crippen LogP contribution in [0, 0.1) is 6.92 Å². The number of carbonyl (C=O) groups excluding carboxylic acids is 1. The molecule has 10 heteroatoms. The van der Waals surface area contributed by atoms with Crippen LogP contribution in [0.4, 0.5) is 26.2 Å². The molecule has 0 radical (unpaired) electrons. The molecule has 2 aromatic carbocycles. The third kappa shape index (κ3) is 4.49. The number of urea groups is 1. The predicted molar refractivity (Wildman–Crippen MR) is 125 cm³/mol. The zero-order valence-electron chi connectivity index (χ0n) is 17.4. The van der Waals surface area contributed by atoms with Gasteiger partial charge in [-0.05, 0) is 54.1 Å². The highest BCUT2D eigenvalue weighted by Crippen LogP contribution is 2.27. The summed E-state index contributed by atoms with van der Waals surface area (Å²) in [6, 6.07) is 13.9. The summed E-state index contributed by atoms with van der Waals surface area (Å²) in [7, 11) is 0. The summed E-state index contributed by atoms with van der Waals surface area (Å²) in [6.07, 6.45) is -0.516. The molecule has 32 heavy (non-hydrogen) atoms. The van der Waals surface area contributed by atoms with Crippen molar-refractivity contribution in [3.05, 3.63) is 65.0 Å². The second-order valence-corrected chi connectivity index (χ2v) is 7.85.